The molecule has 7 heteroatoms. The van der Waals surface area contributed by atoms with E-state index < -0.39 is 18.6 Å². The summed E-state index contributed by atoms with van der Waals surface area (Å²) in [7, 11) is 2.91. The molecule has 20 heavy (non-hydrogen) atoms. The number of hydrogen-bond donors (Lipinski definition) is 1. The molecule has 0 saturated carbocycles. The number of amides is 1. The van der Waals surface area contributed by atoms with E-state index in [1.807, 2.05) is 0 Å². The first kappa shape index (κ1) is 16.1. The van der Waals surface area contributed by atoms with E-state index in [1.165, 1.54) is 14.2 Å². The molecule has 1 unspecified atom stereocenters. The van der Waals surface area contributed by atoms with Gasteiger partial charge < -0.3 is 14.8 Å². The molecule has 112 valence electrons. The van der Waals surface area contributed by atoms with Crippen molar-refractivity contribution in [3.05, 3.63) is 23.8 Å². The van der Waals surface area contributed by atoms with E-state index in [-0.39, 0.29) is 12.8 Å². The highest BCUT2D eigenvalue weighted by Crippen LogP contribution is 2.29. The fraction of sp³-hybridized carbons (Fsp3) is 0.462. The number of rotatable bonds is 7. The molecule has 1 amide bonds. The summed E-state index contributed by atoms with van der Waals surface area (Å²) in [5.41, 5.74) is 0.617. The minimum absolute atomic E-state index is 0.0542. The summed E-state index contributed by atoms with van der Waals surface area (Å²) in [6.07, 6.45) is -5.09. The molecule has 1 aromatic rings. The van der Waals surface area contributed by atoms with Crippen LogP contribution in [0.2, 0.25) is 0 Å². The van der Waals surface area contributed by atoms with Crippen LogP contribution < -0.4 is 14.8 Å². The molecule has 4 nitrogen and oxygen atoms in total. The maximum absolute atomic E-state index is 12.4. The van der Waals surface area contributed by atoms with Crippen molar-refractivity contribution in [3.63, 3.8) is 0 Å². The fourth-order valence-electron chi connectivity index (χ4n) is 1.86. The lowest BCUT2D eigenvalue weighted by atomic mass is 10.0. The standard InChI is InChI=1S/C13H16F3NO3/c1-19-11-4-3-9(6-12(11)20-2)5-10(17-8-18)7-13(14,15)16/h3-4,6,8,10H,5,7H2,1-2H3,(H,17,18). The van der Waals surface area contributed by atoms with Gasteiger partial charge in [-0.2, -0.15) is 13.2 Å². The zero-order valence-electron chi connectivity index (χ0n) is 11.2. The van der Waals surface area contributed by atoms with Crippen molar-refractivity contribution < 1.29 is 27.4 Å². The molecule has 1 rings (SSSR count). The lowest BCUT2D eigenvalue weighted by Gasteiger charge is -2.18. The second-order valence-corrected chi connectivity index (χ2v) is 4.19. The Labute approximate surface area is 114 Å². The molecule has 0 heterocycles. The molecule has 0 aromatic heterocycles. The Kier molecular flexibility index (Phi) is 5.66. The van der Waals surface area contributed by atoms with Gasteiger partial charge >= 0.3 is 6.18 Å². The Bertz CT molecular complexity index is 449. The zero-order chi connectivity index (χ0) is 15.2. The van der Waals surface area contributed by atoms with Crippen LogP contribution >= 0.6 is 0 Å². The molecule has 1 atom stereocenters. The number of carbonyl (C=O) groups excluding carboxylic acids is 1. The van der Waals surface area contributed by atoms with Gasteiger partial charge in [0.2, 0.25) is 6.41 Å². The largest absolute Gasteiger partial charge is 0.493 e. The van der Waals surface area contributed by atoms with Crippen molar-refractivity contribution in [1.82, 2.24) is 5.32 Å². The summed E-state index contributed by atoms with van der Waals surface area (Å²) in [5.74, 6) is 0.925. The van der Waals surface area contributed by atoms with Crippen LogP contribution in [0.15, 0.2) is 18.2 Å². The van der Waals surface area contributed by atoms with Gasteiger partial charge in [0.1, 0.15) is 0 Å². The van der Waals surface area contributed by atoms with Gasteiger partial charge in [0.25, 0.3) is 0 Å². The van der Waals surface area contributed by atoms with Gasteiger partial charge in [-0.05, 0) is 24.1 Å². The van der Waals surface area contributed by atoms with Crippen LogP contribution in [-0.4, -0.2) is 32.8 Å². The molecule has 0 saturated heterocycles. The SMILES string of the molecule is COc1ccc(CC(CC(F)(F)F)NC=O)cc1OC. The third-order valence-corrected chi connectivity index (χ3v) is 2.71. The molecule has 0 aliphatic heterocycles. The quantitative estimate of drug-likeness (QED) is 0.784. The van der Waals surface area contributed by atoms with E-state index in [4.69, 9.17) is 9.47 Å². The summed E-state index contributed by atoms with van der Waals surface area (Å²) in [5, 5.41) is 2.18. The molecule has 0 aliphatic carbocycles. The third-order valence-electron chi connectivity index (χ3n) is 2.71. The average Bonchev–Trinajstić information content (AvgIpc) is 2.37. The van der Waals surface area contributed by atoms with Crippen LogP contribution in [0.25, 0.3) is 0 Å². The van der Waals surface area contributed by atoms with Gasteiger partial charge in [-0.25, -0.2) is 0 Å². The van der Waals surface area contributed by atoms with Gasteiger partial charge in [0, 0.05) is 6.04 Å². The first-order valence-electron chi connectivity index (χ1n) is 5.87. The topological polar surface area (TPSA) is 47.6 Å². The van der Waals surface area contributed by atoms with Crippen LogP contribution in [0.4, 0.5) is 13.2 Å². The second kappa shape index (κ2) is 7.02. The molecule has 1 aromatic carbocycles. The van der Waals surface area contributed by atoms with E-state index in [0.29, 0.717) is 17.1 Å². The molecular formula is C13H16F3NO3. The molecule has 0 bridgehead atoms. The monoisotopic (exact) mass is 291 g/mol. The molecule has 0 spiro atoms. The second-order valence-electron chi connectivity index (χ2n) is 4.19. The van der Waals surface area contributed by atoms with Crippen molar-refractivity contribution in [1.29, 1.82) is 0 Å². The maximum Gasteiger partial charge on any atom is 0.391 e. The average molecular weight is 291 g/mol. The number of halogens is 3. The predicted octanol–water partition coefficient (Wildman–Crippen LogP) is 2.31. The first-order valence-corrected chi connectivity index (χ1v) is 5.87. The number of ether oxygens (including phenoxy) is 2. The van der Waals surface area contributed by atoms with Crippen LogP contribution in [0.1, 0.15) is 12.0 Å². The van der Waals surface area contributed by atoms with E-state index in [0.717, 1.165) is 0 Å². The van der Waals surface area contributed by atoms with Crippen molar-refractivity contribution in [3.8, 4) is 11.5 Å². The van der Waals surface area contributed by atoms with E-state index in [9.17, 15) is 18.0 Å². The number of carbonyl (C=O) groups is 1. The molecule has 0 fully saturated rings. The Hall–Kier alpha value is -1.92. The van der Waals surface area contributed by atoms with Crippen LogP contribution in [0, 0.1) is 0 Å². The highest BCUT2D eigenvalue weighted by Gasteiger charge is 2.31. The maximum atomic E-state index is 12.4. The Morgan fingerprint density at radius 2 is 1.90 bits per heavy atom. The lowest BCUT2D eigenvalue weighted by Crippen LogP contribution is -2.34. The smallest absolute Gasteiger partial charge is 0.391 e. The van der Waals surface area contributed by atoms with Crippen molar-refractivity contribution in [2.75, 3.05) is 14.2 Å². The van der Waals surface area contributed by atoms with Crippen molar-refractivity contribution in [2.24, 2.45) is 0 Å². The van der Waals surface area contributed by atoms with Gasteiger partial charge in [0.15, 0.2) is 11.5 Å². The van der Waals surface area contributed by atoms with Crippen LogP contribution in [0.5, 0.6) is 11.5 Å². The number of benzene rings is 1. The van der Waals surface area contributed by atoms with Crippen molar-refractivity contribution >= 4 is 6.41 Å². The summed E-state index contributed by atoms with van der Waals surface area (Å²) < 4.78 is 47.3. The van der Waals surface area contributed by atoms with E-state index >= 15 is 0 Å². The molecule has 0 radical (unpaired) electrons. The summed E-state index contributed by atoms with van der Waals surface area (Å²) in [4.78, 5) is 10.4. The Morgan fingerprint density at radius 1 is 1.25 bits per heavy atom. The minimum Gasteiger partial charge on any atom is -0.493 e. The predicted molar refractivity (Wildman–Crippen MR) is 66.9 cm³/mol. The van der Waals surface area contributed by atoms with Crippen LogP contribution in [-0.2, 0) is 11.2 Å². The zero-order valence-corrected chi connectivity index (χ0v) is 11.2. The number of hydrogen-bond acceptors (Lipinski definition) is 3. The Balaban J connectivity index is 2.85. The number of methoxy groups -OCH3 is 2. The molecule has 1 N–H and O–H groups in total. The highest BCUT2D eigenvalue weighted by molar-refractivity contribution is 5.47. The van der Waals surface area contributed by atoms with Gasteiger partial charge in [-0.3, -0.25) is 4.79 Å². The lowest BCUT2D eigenvalue weighted by molar-refractivity contribution is -0.140. The highest BCUT2D eigenvalue weighted by atomic mass is 19.4. The number of nitrogens with one attached hydrogen (secondary N) is 1. The third kappa shape index (κ3) is 4.99. The Morgan fingerprint density at radius 3 is 2.40 bits per heavy atom. The molecule has 0 aliphatic rings. The molecular weight excluding hydrogens is 275 g/mol. The summed E-state index contributed by atoms with van der Waals surface area (Å²) in [6, 6.07) is 3.83. The first-order chi connectivity index (χ1) is 9.39. The minimum atomic E-state index is -4.34. The van der Waals surface area contributed by atoms with Gasteiger partial charge in [0.05, 0.1) is 20.6 Å². The van der Waals surface area contributed by atoms with E-state index in [2.05, 4.69) is 5.32 Å². The van der Waals surface area contributed by atoms with Gasteiger partial charge in [-0.1, -0.05) is 6.07 Å². The summed E-state index contributed by atoms with van der Waals surface area (Å²) in [6.45, 7) is 0. The van der Waals surface area contributed by atoms with E-state index in [1.54, 1.807) is 18.2 Å². The van der Waals surface area contributed by atoms with Crippen molar-refractivity contribution in [2.45, 2.75) is 25.1 Å². The summed E-state index contributed by atoms with van der Waals surface area (Å²) >= 11 is 0. The normalized spacial score (nSPS) is 12.7. The number of alkyl halides is 3. The van der Waals surface area contributed by atoms with Gasteiger partial charge in [-0.15, -0.1) is 0 Å². The fourth-order valence-corrected chi connectivity index (χ4v) is 1.86. The van der Waals surface area contributed by atoms with Crippen LogP contribution in [0.3, 0.4) is 0 Å².